The minimum absolute atomic E-state index is 0.0468. The first-order valence-corrected chi connectivity index (χ1v) is 15.3. The minimum Gasteiger partial charge on any atom is -0.465 e. The van der Waals surface area contributed by atoms with Crippen molar-refractivity contribution < 1.29 is 9.53 Å². The van der Waals surface area contributed by atoms with Gasteiger partial charge in [0.1, 0.15) is 0 Å². The highest BCUT2D eigenvalue weighted by molar-refractivity contribution is 5.71. The molecule has 0 aliphatic carbocycles. The summed E-state index contributed by atoms with van der Waals surface area (Å²) in [4.78, 5) is 12.5. The predicted octanol–water partition coefficient (Wildman–Crippen LogP) is 10.8. The van der Waals surface area contributed by atoms with Gasteiger partial charge in [-0.15, -0.1) is 0 Å². The molecule has 0 saturated carbocycles. The van der Waals surface area contributed by atoms with E-state index in [-0.39, 0.29) is 11.9 Å². The van der Waals surface area contributed by atoms with Crippen molar-refractivity contribution >= 4 is 5.97 Å². The van der Waals surface area contributed by atoms with Crippen LogP contribution in [-0.2, 0) is 9.53 Å². The molecular formula is C31H62O2. The fourth-order valence-electron chi connectivity index (χ4n) is 4.78. The molecule has 2 unspecified atom stereocenters. The van der Waals surface area contributed by atoms with Crippen LogP contribution in [0.4, 0.5) is 0 Å². The molecule has 0 aromatic carbocycles. The summed E-state index contributed by atoms with van der Waals surface area (Å²) in [5, 5.41) is 0. The van der Waals surface area contributed by atoms with Crippen LogP contribution in [0.3, 0.4) is 0 Å². The number of hydrogen-bond donors (Lipinski definition) is 0. The molecule has 0 spiro atoms. The Morgan fingerprint density at radius 2 is 0.848 bits per heavy atom. The number of carbonyl (C=O) groups is 1. The van der Waals surface area contributed by atoms with Gasteiger partial charge in [0.15, 0.2) is 0 Å². The van der Waals surface area contributed by atoms with E-state index < -0.39 is 0 Å². The first-order valence-electron chi connectivity index (χ1n) is 15.3. The lowest BCUT2D eigenvalue weighted by molar-refractivity contribution is -0.149. The Morgan fingerprint density at radius 1 is 0.515 bits per heavy atom. The Hall–Kier alpha value is -0.530. The van der Waals surface area contributed by atoms with Gasteiger partial charge in [-0.1, -0.05) is 156 Å². The zero-order chi connectivity index (χ0) is 24.4. The third kappa shape index (κ3) is 23.0. The van der Waals surface area contributed by atoms with Gasteiger partial charge in [0.25, 0.3) is 0 Å². The summed E-state index contributed by atoms with van der Waals surface area (Å²) in [6, 6.07) is 0. The van der Waals surface area contributed by atoms with Crippen LogP contribution in [0.25, 0.3) is 0 Å². The van der Waals surface area contributed by atoms with Gasteiger partial charge >= 0.3 is 5.97 Å². The van der Waals surface area contributed by atoms with Gasteiger partial charge in [0, 0.05) is 0 Å². The van der Waals surface area contributed by atoms with Gasteiger partial charge in [0.05, 0.1) is 12.5 Å². The number of unbranched alkanes of at least 4 members (excludes halogenated alkanes) is 17. The summed E-state index contributed by atoms with van der Waals surface area (Å²) in [6.45, 7) is 9.54. The van der Waals surface area contributed by atoms with Crippen molar-refractivity contribution in [3.63, 3.8) is 0 Å². The van der Waals surface area contributed by atoms with Crippen LogP contribution >= 0.6 is 0 Å². The van der Waals surface area contributed by atoms with E-state index in [1.165, 1.54) is 141 Å². The first kappa shape index (κ1) is 32.5. The van der Waals surface area contributed by atoms with E-state index >= 15 is 0 Å². The van der Waals surface area contributed by atoms with E-state index in [1.54, 1.807) is 0 Å². The molecule has 0 aliphatic heterocycles. The van der Waals surface area contributed by atoms with Crippen molar-refractivity contribution in [3.8, 4) is 0 Å². The van der Waals surface area contributed by atoms with E-state index in [1.807, 2.05) is 0 Å². The number of carbonyl (C=O) groups excluding carboxylic acids is 1. The Labute approximate surface area is 209 Å². The SMILES string of the molecule is CCCCCCCCCCCCCC(C)C(=O)OCC(CCCCC)CCCCCCCC. The normalized spacial score (nSPS) is 13.2. The van der Waals surface area contributed by atoms with E-state index in [9.17, 15) is 4.79 Å². The Kier molecular flexibility index (Phi) is 25.7. The van der Waals surface area contributed by atoms with Crippen LogP contribution in [0.5, 0.6) is 0 Å². The highest BCUT2D eigenvalue weighted by Crippen LogP contribution is 2.20. The molecule has 0 N–H and O–H groups in total. The molecule has 0 aromatic rings. The molecular weight excluding hydrogens is 404 g/mol. The van der Waals surface area contributed by atoms with Crippen molar-refractivity contribution in [2.45, 2.75) is 175 Å². The zero-order valence-electron chi connectivity index (χ0n) is 23.4. The van der Waals surface area contributed by atoms with Crippen LogP contribution in [0.1, 0.15) is 175 Å². The maximum atomic E-state index is 12.5. The lowest BCUT2D eigenvalue weighted by Crippen LogP contribution is -2.19. The molecule has 198 valence electrons. The molecule has 0 fully saturated rings. The maximum Gasteiger partial charge on any atom is 0.308 e. The average Bonchev–Trinajstić information content (AvgIpc) is 2.82. The van der Waals surface area contributed by atoms with Gasteiger partial charge in [-0.25, -0.2) is 0 Å². The fraction of sp³-hybridized carbons (Fsp3) is 0.968. The summed E-state index contributed by atoms with van der Waals surface area (Å²) < 4.78 is 5.80. The van der Waals surface area contributed by atoms with Gasteiger partial charge in [-0.3, -0.25) is 4.79 Å². The summed E-state index contributed by atoms with van der Waals surface area (Å²) in [6.07, 6.45) is 30.3. The summed E-state index contributed by atoms with van der Waals surface area (Å²) >= 11 is 0. The van der Waals surface area contributed by atoms with Crippen molar-refractivity contribution in [2.24, 2.45) is 11.8 Å². The summed E-state index contributed by atoms with van der Waals surface area (Å²) in [5.74, 6) is 0.681. The monoisotopic (exact) mass is 466 g/mol. The van der Waals surface area contributed by atoms with E-state index in [2.05, 4.69) is 27.7 Å². The molecule has 0 radical (unpaired) electrons. The Morgan fingerprint density at radius 3 is 1.30 bits per heavy atom. The topological polar surface area (TPSA) is 26.3 Å². The van der Waals surface area contributed by atoms with Crippen molar-refractivity contribution in [2.75, 3.05) is 6.61 Å². The molecule has 33 heavy (non-hydrogen) atoms. The lowest BCUT2D eigenvalue weighted by Gasteiger charge is -2.19. The molecule has 2 heteroatoms. The zero-order valence-corrected chi connectivity index (χ0v) is 23.4. The second-order valence-corrected chi connectivity index (χ2v) is 10.8. The maximum absolute atomic E-state index is 12.5. The van der Waals surface area contributed by atoms with E-state index in [0.29, 0.717) is 12.5 Å². The van der Waals surface area contributed by atoms with Gasteiger partial charge in [-0.2, -0.15) is 0 Å². The second-order valence-electron chi connectivity index (χ2n) is 10.8. The second kappa shape index (κ2) is 26.1. The van der Waals surface area contributed by atoms with Crippen LogP contribution in [-0.4, -0.2) is 12.6 Å². The molecule has 0 aliphatic rings. The molecule has 0 rings (SSSR count). The summed E-state index contributed by atoms with van der Waals surface area (Å²) in [7, 11) is 0. The smallest absolute Gasteiger partial charge is 0.308 e. The molecule has 0 bridgehead atoms. The fourth-order valence-corrected chi connectivity index (χ4v) is 4.78. The lowest BCUT2D eigenvalue weighted by atomic mass is 9.95. The number of rotatable bonds is 26. The predicted molar refractivity (Wildman–Crippen MR) is 147 cm³/mol. The first-order chi connectivity index (χ1) is 16.2. The van der Waals surface area contributed by atoms with Crippen molar-refractivity contribution in [1.82, 2.24) is 0 Å². The number of hydrogen-bond acceptors (Lipinski definition) is 2. The quantitative estimate of drug-likeness (QED) is 0.0935. The van der Waals surface area contributed by atoms with Crippen LogP contribution < -0.4 is 0 Å². The summed E-state index contributed by atoms with van der Waals surface area (Å²) in [5.41, 5.74) is 0. The Balaban J connectivity index is 3.85. The Bertz CT molecular complexity index is 392. The number of esters is 1. The molecule has 0 amide bonds. The minimum atomic E-state index is 0.0468. The average molecular weight is 467 g/mol. The molecule has 0 saturated heterocycles. The third-order valence-electron chi connectivity index (χ3n) is 7.29. The highest BCUT2D eigenvalue weighted by Gasteiger charge is 2.17. The molecule has 2 nitrogen and oxygen atoms in total. The largest absolute Gasteiger partial charge is 0.465 e. The standard InChI is InChI=1S/C31H62O2/c1-5-8-11-13-15-16-17-18-19-20-23-25-29(4)31(32)33-28-30(26-22-10-7-3)27-24-21-14-12-9-6-2/h29-30H,5-28H2,1-4H3. The van der Waals surface area contributed by atoms with Gasteiger partial charge in [-0.05, 0) is 25.2 Å². The van der Waals surface area contributed by atoms with E-state index in [0.717, 1.165) is 6.42 Å². The molecule has 0 heterocycles. The van der Waals surface area contributed by atoms with Crippen LogP contribution in [0.2, 0.25) is 0 Å². The third-order valence-corrected chi connectivity index (χ3v) is 7.29. The van der Waals surface area contributed by atoms with Crippen LogP contribution in [0.15, 0.2) is 0 Å². The van der Waals surface area contributed by atoms with Gasteiger partial charge in [0.2, 0.25) is 0 Å². The van der Waals surface area contributed by atoms with Crippen LogP contribution in [0, 0.1) is 11.8 Å². The van der Waals surface area contributed by atoms with Crippen molar-refractivity contribution in [3.05, 3.63) is 0 Å². The van der Waals surface area contributed by atoms with Gasteiger partial charge < -0.3 is 4.74 Å². The molecule has 2 atom stereocenters. The number of ether oxygens (including phenoxy) is 1. The van der Waals surface area contributed by atoms with E-state index in [4.69, 9.17) is 4.74 Å². The van der Waals surface area contributed by atoms with Crippen molar-refractivity contribution in [1.29, 1.82) is 0 Å². The molecule has 0 aromatic heterocycles. The highest BCUT2D eigenvalue weighted by atomic mass is 16.5.